The molecule has 5 nitrogen and oxygen atoms in total. The number of thiophene rings is 1. The number of rotatable bonds is 5. The molecule has 21 heavy (non-hydrogen) atoms. The summed E-state index contributed by atoms with van der Waals surface area (Å²) in [5.74, 6) is 0.789. The Kier molecular flexibility index (Phi) is 3.86. The third-order valence-corrected chi connectivity index (χ3v) is 5.04. The summed E-state index contributed by atoms with van der Waals surface area (Å²) < 4.78 is 1.86. The molecule has 114 valence electrons. The van der Waals surface area contributed by atoms with Crippen molar-refractivity contribution >= 4 is 21.6 Å². The summed E-state index contributed by atoms with van der Waals surface area (Å²) >= 11 is 1.59. The number of aliphatic hydroxyl groups excluding tert-OH is 1. The van der Waals surface area contributed by atoms with Gasteiger partial charge < -0.3 is 10.4 Å². The molecule has 1 saturated carbocycles. The van der Waals surface area contributed by atoms with E-state index in [9.17, 15) is 9.90 Å². The highest BCUT2D eigenvalue weighted by molar-refractivity contribution is 7.18. The van der Waals surface area contributed by atoms with Crippen molar-refractivity contribution in [2.24, 2.45) is 0 Å². The van der Waals surface area contributed by atoms with E-state index < -0.39 is 6.10 Å². The Bertz CT molecular complexity index is 729. The first-order valence-corrected chi connectivity index (χ1v) is 8.20. The highest BCUT2D eigenvalue weighted by Crippen LogP contribution is 2.36. The van der Waals surface area contributed by atoms with Crippen molar-refractivity contribution in [1.82, 2.24) is 14.9 Å². The summed E-state index contributed by atoms with van der Waals surface area (Å²) in [6.07, 6.45) is 1.71. The van der Waals surface area contributed by atoms with Crippen molar-refractivity contribution in [3.63, 3.8) is 0 Å². The Balaban J connectivity index is 2.06. The van der Waals surface area contributed by atoms with Gasteiger partial charge in [-0.1, -0.05) is 0 Å². The molecule has 0 spiro atoms. The fourth-order valence-electron chi connectivity index (χ4n) is 2.58. The van der Waals surface area contributed by atoms with Gasteiger partial charge in [0.25, 0.3) is 5.56 Å². The molecular formula is C15H21N3O2S. The van der Waals surface area contributed by atoms with Crippen molar-refractivity contribution < 1.29 is 5.11 Å². The quantitative estimate of drug-likeness (QED) is 0.885. The van der Waals surface area contributed by atoms with Crippen LogP contribution >= 0.6 is 11.3 Å². The van der Waals surface area contributed by atoms with Crippen molar-refractivity contribution in [2.75, 3.05) is 6.54 Å². The van der Waals surface area contributed by atoms with E-state index >= 15 is 0 Å². The van der Waals surface area contributed by atoms with Crippen LogP contribution in [0, 0.1) is 13.8 Å². The van der Waals surface area contributed by atoms with E-state index in [1.165, 1.54) is 0 Å². The molecule has 1 atom stereocenters. The third kappa shape index (κ3) is 2.75. The van der Waals surface area contributed by atoms with E-state index in [1.807, 2.05) is 18.4 Å². The highest BCUT2D eigenvalue weighted by Gasteiger charge is 2.29. The molecule has 6 heteroatoms. The monoisotopic (exact) mass is 307 g/mol. The van der Waals surface area contributed by atoms with Crippen molar-refractivity contribution in [3.8, 4) is 0 Å². The molecule has 3 rings (SSSR count). The number of aryl methyl sites for hydroxylation is 2. The normalized spacial score (nSPS) is 16.6. The minimum Gasteiger partial charge on any atom is -0.392 e. The Morgan fingerprint density at radius 2 is 2.19 bits per heavy atom. The van der Waals surface area contributed by atoms with E-state index in [1.54, 1.807) is 18.3 Å². The van der Waals surface area contributed by atoms with Crippen LogP contribution in [0.2, 0.25) is 0 Å². The minimum atomic E-state index is -0.402. The van der Waals surface area contributed by atoms with E-state index in [2.05, 4.69) is 5.32 Å². The fourth-order valence-corrected chi connectivity index (χ4v) is 3.61. The molecule has 1 fully saturated rings. The molecule has 0 saturated heterocycles. The van der Waals surface area contributed by atoms with Gasteiger partial charge in [-0.3, -0.25) is 9.36 Å². The van der Waals surface area contributed by atoms with Crippen LogP contribution in [0.5, 0.6) is 0 Å². The van der Waals surface area contributed by atoms with Crippen LogP contribution in [0.3, 0.4) is 0 Å². The lowest BCUT2D eigenvalue weighted by molar-refractivity contribution is 0.190. The van der Waals surface area contributed by atoms with Gasteiger partial charge in [0.05, 0.1) is 18.0 Å². The molecular weight excluding hydrogens is 286 g/mol. The summed E-state index contributed by atoms with van der Waals surface area (Å²) in [7, 11) is 0. The first-order valence-electron chi connectivity index (χ1n) is 7.39. The predicted octanol–water partition coefficient (Wildman–Crippen LogP) is 1.88. The van der Waals surface area contributed by atoms with E-state index in [-0.39, 0.29) is 5.56 Å². The van der Waals surface area contributed by atoms with Crippen molar-refractivity contribution in [1.29, 1.82) is 0 Å². The van der Waals surface area contributed by atoms with Gasteiger partial charge in [-0.25, -0.2) is 4.98 Å². The zero-order valence-electron chi connectivity index (χ0n) is 12.6. The lowest BCUT2D eigenvalue weighted by Gasteiger charge is -2.13. The lowest BCUT2D eigenvalue weighted by Crippen LogP contribution is -2.30. The molecule has 1 aliphatic rings. The molecule has 1 aliphatic carbocycles. The first-order chi connectivity index (χ1) is 9.99. The minimum absolute atomic E-state index is 0.0956. The topological polar surface area (TPSA) is 67.2 Å². The highest BCUT2D eigenvalue weighted by atomic mass is 32.1. The number of fused-ring (bicyclic) bond motifs is 1. The molecule has 2 heterocycles. The van der Waals surface area contributed by atoms with Gasteiger partial charge in [-0.05, 0) is 39.2 Å². The number of hydrogen-bond donors (Lipinski definition) is 2. The van der Waals surface area contributed by atoms with Gasteiger partial charge in [-0.2, -0.15) is 0 Å². The number of aromatic nitrogens is 2. The molecule has 2 aromatic rings. The zero-order valence-corrected chi connectivity index (χ0v) is 13.5. The summed E-state index contributed by atoms with van der Waals surface area (Å²) in [4.78, 5) is 19.5. The Morgan fingerprint density at radius 1 is 1.48 bits per heavy atom. The largest absolute Gasteiger partial charge is 0.392 e. The first kappa shape index (κ1) is 14.7. The summed E-state index contributed by atoms with van der Waals surface area (Å²) in [6, 6.07) is 0.303. The summed E-state index contributed by atoms with van der Waals surface area (Å²) in [6.45, 7) is 6.79. The zero-order chi connectivity index (χ0) is 15.1. The second-order valence-corrected chi connectivity index (χ2v) is 7.08. The van der Waals surface area contributed by atoms with Crippen LogP contribution in [0.1, 0.15) is 42.1 Å². The van der Waals surface area contributed by atoms with E-state index in [0.717, 1.165) is 39.3 Å². The number of nitrogens with zero attached hydrogens (tertiary/aromatic N) is 2. The van der Waals surface area contributed by atoms with Gasteiger partial charge in [0.2, 0.25) is 0 Å². The molecule has 0 radical (unpaired) electrons. The molecule has 0 bridgehead atoms. The number of nitrogens with one attached hydrogen (secondary N) is 1. The Labute approximate surface area is 127 Å². The van der Waals surface area contributed by atoms with Gasteiger partial charge >= 0.3 is 0 Å². The SMILES string of the molecule is Cc1sc2nc(CNCC(C)O)n(C3CC3)c(=O)c2c1C. The second-order valence-electron chi connectivity index (χ2n) is 5.88. The third-order valence-electron chi connectivity index (χ3n) is 3.94. The summed E-state index contributed by atoms with van der Waals surface area (Å²) in [5.41, 5.74) is 1.16. The van der Waals surface area contributed by atoms with Crippen molar-refractivity contribution in [2.45, 2.75) is 52.3 Å². The van der Waals surface area contributed by atoms with Crippen LogP contribution in [-0.4, -0.2) is 27.3 Å². The Morgan fingerprint density at radius 3 is 2.81 bits per heavy atom. The predicted molar refractivity (Wildman–Crippen MR) is 85.0 cm³/mol. The number of hydrogen-bond acceptors (Lipinski definition) is 5. The smallest absolute Gasteiger partial charge is 0.262 e. The molecule has 2 aromatic heterocycles. The summed E-state index contributed by atoms with van der Waals surface area (Å²) in [5, 5.41) is 13.3. The number of aliphatic hydroxyl groups is 1. The van der Waals surface area contributed by atoms with Gasteiger partial charge in [0.1, 0.15) is 10.7 Å². The lowest BCUT2D eigenvalue weighted by atomic mass is 10.2. The van der Waals surface area contributed by atoms with Gasteiger partial charge in [-0.15, -0.1) is 11.3 Å². The maximum atomic E-state index is 12.8. The fraction of sp³-hybridized carbons (Fsp3) is 0.600. The molecule has 0 aromatic carbocycles. The van der Waals surface area contributed by atoms with E-state index in [4.69, 9.17) is 4.98 Å². The average molecular weight is 307 g/mol. The maximum absolute atomic E-state index is 12.8. The van der Waals surface area contributed by atoms with Crippen LogP contribution < -0.4 is 10.9 Å². The molecule has 0 aliphatic heterocycles. The Hall–Kier alpha value is -1.24. The maximum Gasteiger partial charge on any atom is 0.262 e. The van der Waals surface area contributed by atoms with E-state index in [0.29, 0.717) is 19.1 Å². The van der Waals surface area contributed by atoms with Gasteiger partial charge in [0, 0.05) is 17.5 Å². The standard InChI is InChI=1S/C15H21N3O2S/c1-8(19)6-16-7-12-17-14-13(9(2)10(3)21-14)15(20)18(12)11-4-5-11/h8,11,16,19H,4-7H2,1-3H3. The van der Waals surface area contributed by atoms with Gasteiger partial charge in [0.15, 0.2) is 0 Å². The molecule has 0 amide bonds. The van der Waals surface area contributed by atoms with Crippen molar-refractivity contribution in [3.05, 3.63) is 26.6 Å². The van der Waals surface area contributed by atoms with Crippen LogP contribution in [0.15, 0.2) is 4.79 Å². The second kappa shape index (κ2) is 5.51. The van der Waals surface area contributed by atoms with Crippen LogP contribution in [0.4, 0.5) is 0 Å². The average Bonchev–Trinajstić information content (AvgIpc) is 3.17. The van der Waals surface area contributed by atoms with Crippen LogP contribution in [-0.2, 0) is 6.54 Å². The molecule has 1 unspecified atom stereocenters. The van der Waals surface area contributed by atoms with Crippen LogP contribution in [0.25, 0.3) is 10.2 Å². The molecule has 2 N–H and O–H groups in total.